The minimum atomic E-state index is -1.27. The van der Waals surface area contributed by atoms with Crippen molar-refractivity contribution in [3.8, 4) is 6.07 Å². The van der Waals surface area contributed by atoms with Gasteiger partial charge in [0.1, 0.15) is 0 Å². The second kappa shape index (κ2) is 8.21. The Labute approximate surface area is 141 Å². The van der Waals surface area contributed by atoms with Crippen molar-refractivity contribution >= 4 is 23.0 Å². The number of carbonyl (C=O) groups is 2. The minimum absolute atomic E-state index is 0.0955. The number of rotatable bonds is 6. The number of ketones is 1. The fourth-order valence-electron chi connectivity index (χ4n) is 2.90. The Bertz CT molecular complexity index is 612. The quantitative estimate of drug-likeness (QED) is 0.640. The van der Waals surface area contributed by atoms with Crippen LogP contribution in [0.1, 0.15) is 65.8 Å². The molecule has 1 aliphatic rings. The first-order chi connectivity index (χ1) is 11.1. The number of aromatic nitrogens is 1. The molecule has 1 aromatic heterocycles. The molecular weight excluding hydrogens is 310 g/mol. The molecule has 0 aromatic carbocycles. The van der Waals surface area contributed by atoms with Crippen molar-refractivity contribution in [1.29, 1.82) is 5.26 Å². The Morgan fingerprint density at radius 2 is 2.09 bits per heavy atom. The second-order valence-electron chi connectivity index (χ2n) is 6.04. The number of Topliss-reactive ketones (excluding diaryl/α,β-unsaturated/α-hetero) is 1. The Morgan fingerprint density at radius 1 is 1.39 bits per heavy atom. The summed E-state index contributed by atoms with van der Waals surface area (Å²) in [7, 11) is 0. The molecular formula is C17H23N3O2S. The van der Waals surface area contributed by atoms with Crippen LogP contribution in [0.15, 0.2) is 0 Å². The molecule has 0 bridgehead atoms. The molecule has 1 amide bonds. The third-order valence-corrected chi connectivity index (χ3v) is 5.37. The summed E-state index contributed by atoms with van der Waals surface area (Å²) in [4.78, 5) is 29.7. The highest BCUT2D eigenvalue weighted by Gasteiger charge is 2.31. The van der Waals surface area contributed by atoms with Crippen LogP contribution in [0.5, 0.6) is 0 Å². The summed E-state index contributed by atoms with van der Waals surface area (Å²) in [6.07, 6.45) is 6.98. The number of nitrogens with zero attached hydrogens (tertiary/aromatic N) is 2. The topological polar surface area (TPSA) is 82.8 Å². The molecule has 1 fully saturated rings. The van der Waals surface area contributed by atoms with Gasteiger partial charge < -0.3 is 5.32 Å². The normalized spacial score (nSPS) is 16.6. The van der Waals surface area contributed by atoms with Gasteiger partial charge in [0.2, 0.25) is 11.7 Å². The Kier molecular flexibility index (Phi) is 6.28. The number of nitriles is 1. The lowest BCUT2D eigenvalue weighted by atomic mass is 9.94. The maximum atomic E-state index is 12.6. The summed E-state index contributed by atoms with van der Waals surface area (Å²) in [5.74, 6) is -2.15. The van der Waals surface area contributed by atoms with Crippen molar-refractivity contribution in [2.24, 2.45) is 5.92 Å². The molecule has 1 aromatic rings. The number of amides is 1. The van der Waals surface area contributed by atoms with Crippen LogP contribution in [0, 0.1) is 24.2 Å². The maximum Gasteiger partial charge on any atom is 0.245 e. The smallest absolute Gasteiger partial charge is 0.245 e. The maximum absolute atomic E-state index is 12.6. The minimum Gasteiger partial charge on any atom is -0.352 e. The van der Waals surface area contributed by atoms with Crippen LogP contribution < -0.4 is 5.32 Å². The summed E-state index contributed by atoms with van der Waals surface area (Å²) in [6.45, 7) is 3.81. The highest BCUT2D eigenvalue weighted by molar-refractivity contribution is 7.13. The van der Waals surface area contributed by atoms with Gasteiger partial charge in [-0.1, -0.05) is 26.2 Å². The fraction of sp³-hybridized carbons (Fsp3) is 0.647. The van der Waals surface area contributed by atoms with Crippen LogP contribution in [0.2, 0.25) is 0 Å². The molecule has 0 spiro atoms. The van der Waals surface area contributed by atoms with E-state index in [0.29, 0.717) is 10.6 Å². The monoisotopic (exact) mass is 333 g/mol. The standard InChI is InChI=1S/C17H23N3O2S/c1-3-7-14-19-11(2)16(23-14)15(21)13(10-18)17(22)20-12-8-5-4-6-9-12/h12-13H,3-9H2,1-2H3,(H,20,22). The fourth-order valence-corrected chi connectivity index (χ4v) is 4.04. The zero-order valence-corrected chi connectivity index (χ0v) is 14.5. The van der Waals surface area contributed by atoms with Gasteiger partial charge in [-0.3, -0.25) is 9.59 Å². The second-order valence-corrected chi connectivity index (χ2v) is 7.13. The van der Waals surface area contributed by atoms with E-state index in [0.717, 1.165) is 43.5 Å². The van der Waals surface area contributed by atoms with E-state index in [1.54, 1.807) is 6.92 Å². The summed E-state index contributed by atoms with van der Waals surface area (Å²) in [5.41, 5.74) is 0.620. The van der Waals surface area contributed by atoms with Gasteiger partial charge in [-0.05, 0) is 32.6 Å². The third-order valence-electron chi connectivity index (χ3n) is 4.13. The average molecular weight is 333 g/mol. The van der Waals surface area contributed by atoms with E-state index in [2.05, 4.69) is 10.3 Å². The molecule has 1 N–H and O–H groups in total. The molecule has 1 heterocycles. The number of hydrogen-bond acceptors (Lipinski definition) is 5. The van der Waals surface area contributed by atoms with Crippen LogP contribution in [0.4, 0.5) is 0 Å². The van der Waals surface area contributed by atoms with Gasteiger partial charge in [0.05, 0.1) is 21.6 Å². The number of nitrogens with one attached hydrogen (secondary N) is 1. The Hall–Kier alpha value is -1.74. The van der Waals surface area contributed by atoms with Gasteiger partial charge in [0.15, 0.2) is 5.92 Å². The van der Waals surface area contributed by atoms with Crippen LogP contribution in [0.25, 0.3) is 0 Å². The van der Waals surface area contributed by atoms with Gasteiger partial charge in [0, 0.05) is 6.04 Å². The molecule has 1 aliphatic carbocycles. The van der Waals surface area contributed by atoms with E-state index in [4.69, 9.17) is 0 Å². The van der Waals surface area contributed by atoms with Crippen molar-refractivity contribution in [3.05, 3.63) is 15.6 Å². The van der Waals surface area contributed by atoms with E-state index < -0.39 is 17.6 Å². The lowest BCUT2D eigenvalue weighted by Gasteiger charge is -2.23. The van der Waals surface area contributed by atoms with Crippen molar-refractivity contribution < 1.29 is 9.59 Å². The molecule has 23 heavy (non-hydrogen) atoms. The highest BCUT2D eigenvalue weighted by atomic mass is 32.1. The molecule has 0 saturated heterocycles. The molecule has 6 heteroatoms. The summed E-state index contributed by atoms with van der Waals surface area (Å²) < 4.78 is 0. The zero-order chi connectivity index (χ0) is 16.8. The van der Waals surface area contributed by atoms with E-state index >= 15 is 0 Å². The third kappa shape index (κ3) is 4.38. The summed E-state index contributed by atoms with van der Waals surface area (Å²) >= 11 is 1.31. The Balaban J connectivity index is 2.08. The molecule has 1 atom stereocenters. The van der Waals surface area contributed by atoms with Crippen LogP contribution >= 0.6 is 11.3 Å². The molecule has 5 nitrogen and oxygen atoms in total. The predicted octanol–water partition coefficient (Wildman–Crippen LogP) is 3.18. The van der Waals surface area contributed by atoms with Gasteiger partial charge >= 0.3 is 0 Å². The number of hydrogen-bond donors (Lipinski definition) is 1. The van der Waals surface area contributed by atoms with E-state index in [1.165, 1.54) is 17.8 Å². The zero-order valence-electron chi connectivity index (χ0n) is 13.7. The molecule has 0 radical (unpaired) electrons. The van der Waals surface area contributed by atoms with Crippen LogP contribution in [0.3, 0.4) is 0 Å². The van der Waals surface area contributed by atoms with E-state index in [-0.39, 0.29) is 6.04 Å². The summed E-state index contributed by atoms with van der Waals surface area (Å²) in [6, 6.07) is 1.97. The van der Waals surface area contributed by atoms with Crippen molar-refractivity contribution in [2.45, 2.75) is 64.8 Å². The number of thiazole rings is 1. The van der Waals surface area contributed by atoms with E-state index in [9.17, 15) is 14.9 Å². The number of aryl methyl sites for hydroxylation is 2. The van der Waals surface area contributed by atoms with Gasteiger partial charge in [-0.15, -0.1) is 11.3 Å². The first-order valence-corrected chi connectivity index (χ1v) is 9.09. The average Bonchev–Trinajstić information content (AvgIpc) is 2.90. The molecule has 0 aliphatic heterocycles. The SMILES string of the molecule is CCCc1nc(C)c(C(=O)C(C#N)C(=O)NC2CCCCC2)s1. The lowest BCUT2D eigenvalue weighted by Crippen LogP contribution is -2.42. The van der Waals surface area contributed by atoms with Gasteiger partial charge in [-0.25, -0.2) is 4.98 Å². The van der Waals surface area contributed by atoms with Crippen molar-refractivity contribution in [2.75, 3.05) is 0 Å². The van der Waals surface area contributed by atoms with Gasteiger partial charge in [0.25, 0.3) is 0 Å². The largest absolute Gasteiger partial charge is 0.352 e. The molecule has 1 unspecified atom stereocenters. The number of carbonyl (C=O) groups excluding carboxylic acids is 2. The highest BCUT2D eigenvalue weighted by Crippen LogP contribution is 2.23. The van der Waals surface area contributed by atoms with Crippen molar-refractivity contribution in [3.63, 3.8) is 0 Å². The predicted molar refractivity (Wildman–Crippen MR) is 89.3 cm³/mol. The van der Waals surface area contributed by atoms with Gasteiger partial charge in [-0.2, -0.15) is 5.26 Å². The van der Waals surface area contributed by atoms with Crippen LogP contribution in [-0.4, -0.2) is 22.7 Å². The molecule has 2 rings (SSSR count). The lowest BCUT2D eigenvalue weighted by molar-refractivity contribution is -0.123. The summed E-state index contributed by atoms with van der Waals surface area (Å²) in [5, 5.41) is 13.1. The molecule has 1 saturated carbocycles. The van der Waals surface area contributed by atoms with Crippen LogP contribution in [-0.2, 0) is 11.2 Å². The first kappa shape index (κ1) is 17.6. The molecule has 124 valence electrons. The first-order valence-electron chi connectivity index (χ1n) is 8.27. The van der Waals surface area contributed by atoms with Crippen molar-refractivity contribution in [1.82, 2.24) is 10.3 Å². The Morgan fingerprint density at radius 3 is 2.70 bits per heavy atom. The van der Waals surface area contributed by atoms with E-state index in [1.807, 2.05) is 13.0 Å².